The molecule has 0 aliphatic carbocycles. The number of halogens is 1. The average molecular weight is 349 g/mol. The van der Waals surface area contributed by atoms with E-state index in [-0.39, 0.29) is 23.4 Å². The van der Waals surface area contributed by atoms with Gasteiger partial charge in [0.05, 0.1) is 22.9 Å². The molecule has 1 atom stereocenters. The summed E-state index contributed by atoms with van der Waals surface area (Å²) in [5.41, 5.74) is 1.46. The third-order valence-corrected chi connectivity index (χ3v) is 5.92. The zero-order chi connectivity index (χ0) is 17.2. The van der Waals surface area contributed by atoms with Crippen molar-refractivity contribution in [3.63, 3.8) is 0 Å². The molecule has 128 valence electrons. The van der Waals surface area contributed by atoms with Crippen LogP contribution in [0.25, 0.3) is 5.69 Å². The predicted molar refractivity (Wildman–Crippen MR) is 91.2 cm³/mol. The van der Waals surface area contributed by atoms with E-state index < -0.39 is 9.84 Å². The molecular weight excluding hydrogens is 329 g/mol. The third-order valence-electron chi connectivity index (χ3n) is 4.17. The molecular formula is C17H20FN3O2S. The maximum absolute atomic E-state index is 13.3. The summed E-state index contributed by atoms with van der Waals surface area (Å²) in [5, 5.41) is 4.48. The molecule has 2 aromatic rings. The van der Waals surface area contributed by atoms with Gasteiger partial charge in [-0.05, 0) is 30.7 Å². The number of benzene rings is 1. The van der Waals surface area contributed by atoms with Gasteiger partial charge in [0.2, 0.25) is 0 Å². The maximum atomic E-state index is 13.3. The second-order valence-electron chi connectivity index (χ2n) is 6.01. The number of sulfone groups is 1. The molecule has 0 bridgehead atoms. The molecule has 7 heteroatoms. The van der Waals surface area contributed by atoms with Crippen molar-refractivity contribution in [2.24, 2.45) is 0 Å². The van der Waals surface area contributed by atoms with Crippen molar-refractivity contribution in [1.82, 2.24) is 14.7 Å². The SMILES string of the molecule is C=CCN(Cc1ccn(-c2cccc(F)c2)n1)C1CCS(=O)(=O)C1. The van der Waals surface area contributed by atoms with Crippen molar-refractivity contribution in [2.75, 3.05) is 18.1 Å². The summed E-state index contributed by atoms with van der Waals surface area (Å²) in [6.07, 6.45) is 4.19. The molecule has 0 N–H and O–H groups in total. The lowest BCUT2D eigenvalue weighted by Gasteiger charge is -2.25. The fourth-order valence-electron chi connectivity index (χ4n) is 2.99. The molecule has 1 aromatic heterocycles. The molecule has 24 heavy (non-hydrogen) atoms. The Morgan fingerprint density at radius 2 is 2.25 bits per heavy atom. The fourth-order valence-corrected chi connectivity index (χ4v) is 4.75. The number of aromatic nitrogens is 2. The average Bonchev–Trinajstić information content (AvgIpc) is 3.13. The Labute approximate surface area is 141 Å². The standard InChI is InChI=1S/C17H20FN3O2S/c1-2-8-20(17-7-10-24(22,23)13-17)12-15-6-9-21(19-15)16-5-3-4-14(18)11-16/h2-6,9,11,17H,1,7-8,10,12-13H2. The highest BCUT2D eigenvalue weighted by Crippen LogP contribution is 2.20. The normalized spacial score (nSPS) is 19.7. The van der Waals surface area contributed by atoms with Crippen LogP contribution < -0.4 is 0 Å². The number of nitrogens with zero attached hydrogens (tertiary/aromatic N) is 3. The van der Waals surface area contributed by atoms with E-state index in [1.807, 2.05) is 6.07 Å². The molecule has 0 radical (unpaired) electrons. The van der Waals surface area contributed by atoms with Gasteiger partial charge >= 0.3 is 0 Å². The summed E-state index contributed by atoms with van der Waals surface area (Å²) in [6, 6.07) is 8.09. The molecule has 5 nitrogen and oxygen atoms in total. The van der Waals surface area contributed by atoms with Crippen molar-refractivity contribution in [3.8, 4) is 5.69 Å². The van der Waals surface area contributed by atoms with Gasteiger partial charge < -0.3 is 0 Å². The molecule has 0 saturated carbocycles. The van der Waals surface area contributed by atoms with Crippen molar-refractivity contribution >= 4 is 9.84 Å². The van der Waals surface area contributed by atoms with Crippen LogP contribution >= 0.6 is 0 Å². The van der Waals surface area contributed by atoms with E-state index in [1.165, 1.54) is 12.1 Å². The van der Waals surface area contributed by atoms with Gasteiger partial charge in [-0.2, -0.15) is 5.10 Å². The Kier molecular flexibility index (Phi) is 4.82. The van der Waals surface area contributed by atoms with E-state index in [0.717, 1.165) is 5.69 Å². The number of hydrogen-bond acceptors (Lipinski definition) is 4. The first-order valence-electron chi connectivity index (χ1n) is 7.83. The van der Waals surface area contributed by atoms with E-state index in [2.05, 4.69) is 16.6 Å². The first-order chi connectivity index (χ1) is 11.5. The summed E-state index contributed by atoms with van der Waals surface area (Å²) in [6.45, 7) is 4.89. The van der Waals surface area contributed by atoms with E-state index >= 15 is 0 Å². The van der Waals surface area contributed by atoms with Crippen molar-refractivity contribution in [3.05, 3.63) is 60.7 Å². The smallest absolute Gasteiger partial charge is 0.151 e. The zero-order valence-corrected chi connectivity index (χ0v) is 14.1. The van der Waals surface area contributed by atoms with Gasteiger partial charge in [-0.3, -0.25) is 4.90 Å². The Bertz CT molecular complexity index is 832. The van der Waals surface area contributed by atoms with Gasteiger partial charge in [-0.15, -0.1) is 6.58 Å². The van der Waals surface area contributed by atoms with Crippen molar-refractivity contribution in [1.29, 1.82) is 0 Å². The van der Waals surface area contributed by atoms with E-state index in [4.69, 9.17) is 0 Å². The first kappa shape index (κ1) is 16.9. The van der Waals surface area contributed by atoms with Gasteiger partial charge in [-0.25, -0.2) is 17.5 Å². The second-order valence-corrected chi connectivity index (χ2v) is 8.24. The van der Waals surface area contributed by atoms with E-state index in [9.17, 15) is 12.8 Å². The summed E-state index contributed by atoms with van der Waals surface area (Å²) >= 11 is 0. The highest BCUT2D eigenvalue weighted by atomic mass is 32.2. The molecule has 1 aromatic carbocycles. The van der Waals surface area contributed by atoms with Gasteiger partial charge in [0.1, 0.15) is 5.82 Å². The van der Waals surface area contributed by atoms with E-state index in [1.54, 1.807) is 29.1 Å². The molecule has 0 amide bonds. The summed E-state index contributed by atoms with van der Waals surface area (Å²) < 4.78 is 38.4. The number of rotatable bonds is 6. The molecule has 1 aliphatic rings. The minimum absolute atomic E-state index is 0.00711. The Hall–Kier alpha value is -1.99. The van der Waals surface area contributed by atoms with Gasteiger partial charge in [-0.1, -0.05) is 12.1 Å². The monoisotopic (exact) mass is 349 g/mol. The third kappa shape index (κ3) is 3.91. The van der Waals surface area contributed by atoms with Crippen LogP contribution in [0.2, 0.25) is 0 Å². The topological polar surface area (TPSA) is 55.2 Å². The Balaban J connectivity index is 1.75. The van der Waals surface area contributed by atoms with Crippen LogP contribution in [0.15, 0.2) is 49.2 Å². The van der Waals surface area contributed by atoms with Crippen LogP contribution in [-0.4, -0.2) is 47.2 Å². The van der Waals surface area contributed by atoms with Crippen LogP contribution in [0.4, 0.5) is 4.39 Å². The van der Waals surface area contributed by atoms with E-state index in [0.29, 0.717) is 25.2 Å². The molecule has 1 fully saturated rings. The molecule has 3 rings (SSSR count). The zero-order valence-electron chi connectivity index (χ0n) is 13.3. The highest BCUT2D eigenvalue weighted by Gasteiger charge is 2.32. The summed E-state index contributed by atoms with van der Waals surface area (Å²) in [7, 11) is -2.94. The predicted octanol–water partition coefficient (Wildman–Crippen LogP) is 2.19. The van der Waals surface area contributed by atoms with Crippen molar-refractivity contribution in [2.45, 2.75) is 19.0 Å². The van der Waals surface area contributed by atoms with Crippen molar-refractivity contribution < 1.29 is 12.8 Å². The lowest BCUT2D eigenvalue weighted by atomic mass is 10.2. The Morgan fingerprint density at radius 3 is 2.92 bits per heavy atom. The largest absolute Gasteiger partial charge is 0.290 e. The van der Waals surface area contributed by atoms with Crippen LogP contribution in [0, 0.1) is 5.82 Å². The van der Waals surface area contributed by atoms with Gasteiger partial charge in [0.25, 0.3) is 0 Å². The van der Waals surface area contributed by atoms with Gasteiger partial charge in [0, 0.05) is 25.3 Å². The fraction of sp³-hybridized carbons (Fsp3) is 0.353. The molecule has 1 saturated heterocycles. The molecule has 1 unspecified atom stereocenters. The van der Waals surface area contributed by atoms with Crippen LogP contribution in [0.1, 0.15) is 12.1 Å². The van der Waals surface area contributed by atoms with Gasteiger partial charge in [0.15, 0.2) is 9.84 Å². The van der Waals surface area contributed by atoms with Crippen LogP contribution in [-0.2, 0) is 16.4 Å². The summed E-state index contributed by atoms with van der Waals surface area (Å²) in [5.74, 6) is 0.114. The maximum Gasteiger partial charge on any atom is 0.151 e. The minimum Gasteiger partial charge on any atom is -0.290 e. The van der Waals surface area contributed by atoms with Crippen LogP contribution in [0.3, 0.4) is 0 Å². The Morgan fingerprint density at radius 1 is 1.42 bits per heavy atom. The summed E-state index contributed by atoms with van der Waals surface area (Å²) in [4.78, 5) is 2.08. The molecule has 2 heterocycles. The number of hydrogen-bond donors (Lipinski definition) is 0. The molecule has 1 aliphatic heterocycles. The first-order valence-corrected chi connectivity index (χ1v) is 9.65. The lowest BCUT2D eigenvalue weighted by Crippen LogP contribution is -2.36. The molecule has 0 spiro atoms. The quantitative estimate of drug-likeness (QED) is 0.750. The highest BCUT2D eigenvalue weighted by molar-refractivity contribution is 7.91. The second kappa shape index (κ2) is 6.86. The van der Waals surface area contributed by atoms with Crippen LogP contribution in [0.5, 0.6) is 0 Å². The lowest BCUT2D eigenvalue weighted by molar-refractivity contribution is 0.224. The minimum atomic E-state index is -2.94.